The fourth-order valence-electron chi connectivity index (χ4n) is 2.24. The quantitative estimate of drug-likeness (QED) is 0.789. The van der Waals surface area contributed by atoms with Crippen molar-refractivity contribution in [3.05, 3.63) is 12.4 Å². The normalized spacial score (nSPS) is 25.7. The molecule has 2 N–H and O–H groups in total. The summed E-state index contributed by atoms with van der Waals surface area (Å²) in [6.45, 7) is 3.02. The average molecular weight is 209 g/mol. The molecule has 2 atom stereocenters. The van der Waals surface area contributed by atoms with E-state index in [4.69, 9.17) is 5.11 Å². The summed E-state index contributed by atoms with van der Waals surface area (Å²) < 4.78 is 1.76. The molecule has 0 radical (unpaired) electrons. The number of hydrogen-bond acceptors (Lipinski definition) is 3. The van der Waals surface area contributed by atoms with Crippen molar-refractivity contribution >= 4 is 5.69 Å². The maximum atomic E-state index is 8.77. The molecule has 4 heteroatoms. The third-order valence-corrected chi connectivity index (χ3v) is 3.03. The van der Waals surface area contributed by atoms with Crippen molar-refractivity contribution in [2.45, 2.75) is 38.8 Å². The molecular weight excluding hydrogens is 190 g/mol. The van der Waals surface area contributed by atoms with E-state index in [1.807, 2.05) is 12.4 Å². The zero-order chi connectivity index (χ0) is 10.7. The second-order valence-corrected chi connectivity index (χ2v) is 4.48. The molecule has 0 aromatic carbocycles. The second kappa shape index (κ2) is 4.66. The topological polar surface area (TPSA) is 50.1 Å². The van der Waals surface area contributed by atoms with Gasteiger partial charge in [0.15, 0.2) is 0 Å². The SMILES string of the molecule is CC1CCC(Nc2cnn(CCO)c2)C1. The van der Waals surface area contributed by atoms with E-state index >= 15 is 0 Å². The second-order valence-electron chi connectivity index (χ2n) is 4.48. The Morgan fingerprint density at radius 3 is 3.13 bits per heavy atom. The molecule has 4 nitrogen and oxygen atoms in total. The first-order valence-corrected chi connectivity index (χ1v) is 5.68. The smallest absolute Gasteiger partial charge is 0.0728 e. The summed E-state index contributed by atoms with van der Waals surface area (Å²) in [6.07, 6.45) is 7.62. The molecule has 15 heavy (non-hydrogen) atoms. The number of aliphatic hydroxyl groups is 1. The first kappa shape index (κ1) is 10.5. The molecule has 1 aliphatic rings. The van der Waals surface area contributed by atoms with Crippen molar-refractivity contribution in [2.75, 3.05) is 11.9 Å². The zero-order valence-electron chi connectivity index (χ0n) is 9.19. The highest BCUT2D eigenvalue weighted by molar-refractivity contribution is 5.39. The van der Waals surface area contributed by atoms with Gasteiger partial charge in [-0.15, -0.1) is 0 Å². The predicted molar refractivity (Wildman–Crippen MR) is 59.7 cm³/mol. The average Bonchev–Trinajstić information content (AvgIpc) is 2.78. The number of anilines is 1. The summed E-state index contributed by atoms with van der Waals surface area (Å²) >= 11 is 0. The van der Waals surface area contributed by atoms with Crippen molar-refractivity contribution in [2.24, 2.45) is 5.92 Å². The van der Waals surface area contributed by atoms with Gasteiger partial charge in [0.25, 0.3) is 0 Å². The molecule has 1 aromatic heterocycles. The number of nitrogens with zero attached hydrogens (tertiary/aromatic N) is 2. The molecule has 0 saturated heterocycles. The van der Waals surface area contributed by atoms with Crippen LogP contribution < -0.4 is 5.32 Å². The molecule has 1 saturated carbocycles. The van der Waals surface area contributed by atoms with Crippen LogP contribution in [0.5, 0.6) is 0 Å². The Morgan fingerprint density at radius 1 is 1.60 bits per heavy atom. The molecule has 1 aromatic rings. The third kappa shape index (κ3) is 2.72. The Labute approximate surface area is 90.3 Å². The van der Waals surface area contributed by atoms with Crippen molar-refractivity contribution in [3.63, 3.8) is 0 Å². The first-order chi connectivity index (χ1) is 7.28. The van der Waals surface area contributed by atoms with Crippen LogP contribution in [-0.2, 0) is 6.54 Å². The fraction of sp³-hybridized carbons (Fsp3) is 0.727. The van der Waals surface area contributed by atoms with E-state index in [0.29, 0.717) is 12.6 Å². The zero-order valence-corrected chi connectivity index (χ0v) is 9.19. The van der Waals surface area contributed by atoms with E-state index in [1.165, 1.54) is 19.3 Å². The van der Waals surface area contributed by atoms with Crippen LogP contribution in [0.1, 0.15) is 26.2 Å². The Balaban J connectivity index is 1.87. The lowest BCUT2D eigenvalue weighted by atomic mass is 10.1. The Bertz CT molecular complexity index is 311. The van der Waals surface area contributed by atoms with Gasteiger partial charge in [0.1, 0.15) is 0 Å². The molecule has 1 heterocycles. The maximum Gasteiger partial charge on any atom is 0.0728 e. The minimum absolute atomic E-state index is 0.140. The van der Waals surface area contributed by atoms with Crippen molar-refractivity contribution < 1.29 is 5.11 Å². The van der Waals surface area contributed by atoms with Crippen LogP contribution in [0, 0.1) is 5.92 Å². The van der Waals surface area contributed by atoms with Crippen LogP contribution >= 0.6 is 0 Å². The van der Waals surface area contributed by atoms with Crippen LogP contribution in [0.15, 0.2) is 12.4 Å². The lowest BCUT2D eigenvalue weighted by Crippen LogP contribution is -2.14. The van der Waals surface area contributed by atoms with Gasteiger partial charge in [-0.25, -0.2) is 0 Å². The Hall–Kier alpha value is -1.03. The largest absolute Gasteiger partial charge is 0.394 e. The highest BCUT2D eigenvalue weighted by Gasteiger charge is 2.21. The highest BCUT2D eigenvalue weighted by Crippen LogP contribution is 2.27. The van der Waals surface area contributed by atoms with Crippen LogP contribution in [0.4, 0.5) is 5.69 Å². The van der Waals surface area contributed by atoms with E-state index < -0.39 is 0 Å². The van der Waals surface area contributed by atoms with E-state index in [-0.39, 0.29) is 6.61 Å². The van der Waals surface area contributed by atoms with E-state index in [0.717, 1.165) is 11.6 Å². The number of rotatable bonds is 4. The highest BCUT2D eigenvalue weighted by atomic mass is 16.3. The van der Waals surface area contributed by atoms with E-state index in [1.54, 1.807) is 4.68 Å². The van der Waals surface area contributed by atoms with E-state index in [9.17, 15) is 0 Å². The minimum atomic E-state index is 0.140. The molecule has 2 unspecified atom stereocenters. The summed E-state index contributed by atoms with van der Waals surface area (Å²) in [5, 5.41) is 16.4. The molecule has 2 rings (SSSR count). The Kier molecular flexibility index (Phi) is 3.26. The fourth-order valence-corrected chi connectivity index (χ4v) is 2.24. The molecule has 1 aliphatic carbocycles. The van der Waals surface area contributed by atoms with Gasteiger partial charge in [-0.05, 0) is 25.2 Å². The van der Waals surface area contributed by atoms with Crippen LogP contribution in [0.2, 0.25) is 0 Å². The maximum absolute atomic E-state index is 8.77. The Morgan fingerprint density at radius 2 is 2.47 bits per heavy atom. The summed E-state index contributed by atoms with van der Waals surface area (Å²) in [6, 6.07) is 0.603. The van der Waals surface area contributed by atoms with Crippen molar-refractivity contribution in [1.29, 1.82) is 0 Å². The molecule has 0 aliphatic heterocycles. The van der Waals surface area contributed by atoms with Crippen LogP contribution in [0.3, 0.4) is 0 Å². The predicted octanol–water partition coefficient (Wildman–Crippen LogP) is 1.48. The lowest BCUT2D eigenvalue weighted by molar-refractivity contribution is 0.269. The number of aromatic nitrogens is 2. The van der Waals surface area contributed by atoms with Crippen molar-refractivity contribution in [1.82, 2.24) is 9.78 Å². The lowest BCUT2D eigenvalue weighted by Gasteiger charge is -2.11. The van der Waals surface area contributed by atoms with Gasteiger partial charge >= 0.3 is 0 Å². The summed E-state index contributed by atoms with van der Waals surface area (Å²) in [5.41, 5.74) is 1.07. The van der Waals surface area contributed by atoms with Crippen LogP contribution in [-0.4, -0.2) is 27.5 Å². The summed E-state index contributed by atoms with van der Waals surface area (Å²) in [4.78, 5) is 0. The number of nitrogens with one attached hydrogen (secondary N) is 1. The molecule has 0 bridgehead atoms. The van der Waals surface area contributed by atoms with Gasteiger partial charge in [0.2, 0.25) is 0 Å². The molecule has 1 fully saturated rings. The summed E-state index contributed by atoms with van der Waals surface area (Å²) in [5.74, 6) is 0.843. The molecule has 0 amide bonds. The van der Waals surface area contributed by atoms with Gasteiger partial charge in [0, 0.05) is 12.2 Å². The van der Waals surface area contributed by atoms with Gasteiger partial charge in [-0.2, -0.15) is 5.10 Å². The van der Waals surface area contributed by atoms with Gasteiger partial charge in [0.05, 0.1) is 25.0 Å². The standard InChI is InChI=1S/C11H19N3O/c1-9-2-3-10(6-9)13-11-7-12-14(8-11)4-5-15/h7-10,13,15H,2-6H2,1H3. The number of aliphatic hydroxyl groups excluding tert-OH is 1. The summed E-state index contributed by atoms with van der Waals surface area (Å²) in [7, 11) is 0. The van der Waals surface area contributed by atoms with Gasteiger partial charge < -0.3 is 10.4 Å². The van der Waals surface area contributed by atoms with E-state index in [2.05, 4.69) is 17.3 Å². The molecule has 84 valence electrons. The van der Waals surface area contributed by atoms with Gasteiger partial charge in [-0.3, -0.25) is 4.68 Å². The molecular formula is C11H19N3O. The minimum Gasteiger partial charge on any atom is -0.394 e. The van der Waals surface area contributed by atoms with Gasteiger partial charge in [-0.1, -0.05) is 6.92 Å². The van der Waals surface area contributed by atoms with Crippen LogP contribution in [0.25, 0.3) is 0 Å². The molecule has 0 spiro atoms. The van der Waals surface area contributed by atoms with Crippen molar-refractivity contribution in [3.8, 4) is 0 Å². The third-order valence-electron chi connectivity index (χ3n) is 3.03. The monoisotopic (exact) mass is 209 g/mol. The number of hydrogen-bond donors (Lipinski definition) is 2. The first-order valence-electron chi connectivity index (χ1n) is 5.68.